The van der Waals surface area contributed by atoms with Gasteiger partial charge in [-0.25, -0.2) is 4.79 Å². The van der Waals surface area contributed by atoms with E-state index in [9.17, 15) is 14.4 Å². The second kappa shape index (κ2) is 8.89. The predicted molar refractivity (Wildman–Crippen MR) is 126 cm³/mol. The van der Waals surface area contributed by atoms with Gasteiger partial charge in [0.2, 0.25) is 5.91 Å². The molecule has 0 unspecified atom stereocenters. The minimum Gasteiger partial charge on any atom is -0.455 e. The number of nitrogens with zero attached hydrogens (tertiary/aromatic N) is 1. The van der Waals surface area contributed by atoms with Gasteiger partial charge in [0.1, 0.15) is 17.8 Å². The first-order chi connectivity index (χ1) is 15.7. The predicted octanol–water partition coefficient (Wildman–Crippen LogP) is 4.94. The Bertz CT molecular complexity index is 1040. The third kappa shape index (κ3) is 4.87. The molecule has 0 radical (unpaired) electrons. The molecule has 2 N–H and O–H groups in total. The lowest BCUT2D eigenvalue weighted by Crippen LogP contribution is -2.50. The van der Waals surface area contributed by atoms with E-state index in [1.54, 1.807) is 18.2 Å². The quantitative estimate of drug-likeness (QED) is 0.633. The van der Waals surface area contributed by atoms with Crippen LogP contribution in [0.4, 0.5) is 10.5 Å². The zero-order valence-corrected chi connectivity index (χ0v) is 19.4. The maximum Gasteiger partial charge on any atom is 0.325 e. The number of carbonyl (C=O) groups is 3. The Morgan fingerprint density at radius 2 is 1.70 bits per heavy atom. The highest BCUT2D eigenvalue weighted by Gasteiger charge is 2.53. The summed E-state index contributed by atoms with van der Waals surface area (Å²) < 4.78 is 5.88. The normalized spacial score (nSPS) is 22.9. The van der Waals surface area contributed by atoms with Crippen molar-refractivity contribution in [1.82, 2.24) is 10.2 Å². The first kappa shape index (κ1) is 22.8. The van der Waals surface area contributed by atoms with Gasteiger partial charge in [0.05, 0.1) is 5.69 Å². The third-order valence-electron chi connectivity index (χ3n) is 6.74. The van der Waals surface area contributed by atoms with Crippen molar-refractivity contribution in [3.05, 3.63) is 54.6 Å². The van der Waals surface area contributed by atoms with Crippen LogP contribution in [0.1, 0.15) is 46.5 Å². The van der Waals surface area contributed by atoms with Crippen LogP contribution in [0.2, 0.25) is 0 Å². The highest BCUT2D eigenvalue weighted by molar-refractivity contribution is 6.10. The first-order valence-electron chi connectivity index (χ1n) is 11.4. The van der Waals surface area contributed by atoms with Gasteiger partial charge < -0.3 is 15.4 Å². The maximum atomic E-state index is 13.2. The summed E-state index contributed by atoms with van der Waals surface area (Å²) in [5.74, 6) is 0.866. The van der Waals surface area contributed by atoms with E-state index in [-0.39, 0.29) is 17.9 Å². The average Bonchev–Trinajstić information content (AvgIpc) is 2.99. The highest BCUT2D eigenvalue weighted by Crippen LogP contribution is 2.43. The van der Waals surface area contributed by atoms with Crippen LogP contribution in [-0.2, 0) is 9.59 Å². The van der Waals surface area contributed by atoms with E-state index in [0.29, 0.717) is 35.9 Å². The van der Waals surface area contributed by atoms with Gasteiger partial charge in [-0.3, -0.25) is 14.5 Å². The molecule has 1 saturated heterocycles. The van der Waals surface area contributed by atoms with Crippen molar-refractivity contribution in [2.24, 2.45) is 11.3 Å². The second-order valence-corrected chi connectivity index (χ2v) is 10.0. The molecular formula is C26H31N3O4. The molecule has 1 saturated carbocycles. The molecule has 174 valence electrons. The van der Waals surface area contributed by atoms with E-state index in [1.807, 2.05) is 36.4 Å². The number of amides is 4. The Morgan fingerprint density at radius 3 is 2.36 bits per heavy atom. The van der Waals surface area contributed by atoms with Gasteiger partial charge in [-0.1, -0.05) is 51.1 Å². The summed E-state index contributed by atoms with van der Waals surface area (Å²) in [6, 6.07) is 15.8. The number of imide groups is 1. The number of carbonyl (C=O) groups excluding carboxylic acids is 3. The molecular weight excluding hydrogens is 418 g/mol. The topological polar surface area (TPSA) is 87.7 Å². The summed E-state index contributed by atoms with van der Waals surface area (Å²) in [5.41, 5.74) is -0.242. The monoisotopic (exact) mass is 449 g/mol. The Hall–Kier alpha value is -3.35. The molecule has 0 atom stereocenters. The van der Waals surface area contributed by atoms with E-state index < -0.39 is 17.5 Å². The molecule has 0 aromatic heterocycles. The van der Waals surface area contributed by atoms with Gasteiger partial charge in [-0.2, -0.15) is 0 Å². The van der Waals surface area contributed by atoms with Crippen LogP contribution in [0, 0.1) is 11.3 Å². The zero-order valence-electron chi connectivity index (χ0n) is 19.4. The molecule has 7 nitrogen and oxygen atoms in total. The Morgan fingerprint density at radius 1 is 1.06 bits per heavy atom. The number of para-hydroxylation sites is 3. The number of benzene rings is 2. The smallest absolute Gasteiger partial charge is 0.325 e. The average molecular weight is 450 g/mol. The van der Waals surface area contributed by atoms with Gasteiger partial charge in [-0.05, 0) is 61.3 Å². The van der Waals surface area contributed by atoms with Crippen molar-refractivity contribution in [2.75, 3.05) is 11.9 Å². The summed E-state index contributed by atoms with van der Waals surface area (Å²) in [6.45, 7) is 6.29. The fourth-order valence-electron chi connectivity index (χ4n) is 4.74. The lowest BCUT2D eigenvalue weighted by molar-refractivity contribution is -0.135. The number of urea groups is 1. The lowest BCUT2D eigenvalue weighted by atomic mass is 9.67. The Kier molecular flexibility index (Phi) is 6.15. The molecule has 4 rings (SSSR count). The summed E-state index contributed by atoms with van der Waals surface area (Å²) in [7, 11) is 0. The molecule has 2 aromatic carbocycles. The van der Waals surface area contributed by atoms with Crippen LogP contribution >= 0.6 is 0 Å². The van der Waals surface area contributed by atoms with Crippen molar-refractivity contribution < 1.29 is 19.1 Å². The second-order valence-electron chi connectivity index (χ2n) is 10.0. The zero-order chi connectivity index (χ0) is 23.6. The van der Waals surface area contributed by atoms with E-state index in [0.717, 1.165) is 17.7 Å². The van der Waals surface area contributed by atoms with Crippen LogP contribution in [0.15, 0.2) is 54.6 Å². The van der Waals surface area contributed by atoms with Crippen LogP contribution in [0.25, 0.3) is 0 Å². The molecule has 4 amide bonds. The number of hydrogen-bond donors (Lipinski definition) is 2. The van der Waals surface area contributed by atoms with Gasteiger partial charge in [0.15, 0.2) is 5.75 Å². The molecule has 0 bridgehead atoms. The fraction of sp³-hybridized carbons (Fsp3) is 0.423. The standard InChI is InChI=1S/C26H31N3O4/c1-25(2,3)18-13-15-26(16-14-18)23(31)29(24(32)28-26)17-22(30)27-20-11-7-8-12-21(20)33-19-9-5-4-6-10-19/h4-12,18H,13-17H2,1-3H3,(H,27,30)(H,28,32). The van der Waals surface area contributed by atoms with Gasteiger partial charge >= 0.3 is 6.03 Å². The van der Waals surface area contributed by atoms with E-state index in [1.165, 1.54) is 0 Å². The SMILES string of the molecule is CC(C)(C)C1CCC2(CC1)NC(=O)N(CC(=O)Nc1ccccc1Oc1ccccc1)C2=O. The van der Waals surface area contributed by atoms with E-state index >= 15 is 0 Å². The summed E-state index contributed by atoms with van der Waals surface area (Å²) in [4.78, 5) is 39.6. The lowest BCUT2D eigenvalue weighted by Gasteiger charge is -2.40. The molecule has 1 aliphatic heterocycles. The molecule has 2 fully saturated rings. The molecule has 1 aliphatic carbocycles. The minimum atomic E-state index is -0.882. The Labute approximate surface area is 194 Å². The molecule has 2 aromatic rings. The van der Waals surface area contributed by atoms with Crippen molar-refractivity contribution in [2.45, 2.75) is 52.0 Å². The van der Waals surface area contributed by atoms with Gasteiger partial charge in [-0.15, -0.1) is 0 Å². The van der Waals surface area contributed by atoms with Gasteiger partial charge in [0.25, 0.3) is 5.91 Å². The molecule has 33 heavy (non-hydrogen) atoms. The summed E-state index contributed by atoms with van der Waals surface area (Å²) >= 11 is 0. The number of ether oxygens (including phenoxy) is 1. The molecule has 7 heteroatoms. The van der Waals surface area contributed by atoms with Crippen molar-refractivity contribution in [1.29, 1.82) is 0 Å². The largest absolute Gasteiger partial charge is 0.455 e. The summed E-state index contributed by atoms with van der Waals surface area (Å²) in [6.07, 6.45) is 2.95. The van der Waals surface area contributed by atoms with Gasteiger partial charge in [0, 0.05) is 0 Å². The molecule has 1 spiro atoms. The van der Waals surface area contributed by atoms with Crippen molar-refractivity contribution in [3.8, 4) is 11.5 Å². The third-order valence-corrected chi connectivity index (χ3v) is 6.74. The van der Waals surface area contributed by atoms with Crippen LogP contribution in [0.3, 0.4) is 0 Å². The number of anilines is 1. The van der Waals surface area contributed by atoms with Crippen LogP contribution < -0.4 is 15.4 Å². The molecule has 2 aliphatic rings. The summed E-state index contributed by atoms with van der Waals surface area (Å²) in [5, 5.41) is 5.67. The van der Waals surface area contributed by atoms with Crippen molar-refractivity contribution >= 4 is 23.5 Å². The molecule has 1 heterocycles. The number of rotatable bonds is 5. The number of nitrogens with one attached hydrogen (secondary N) is 2. The van der Waals surface area contributed by atoms with Crippen molar-refractivity contribution in [3.63, 3.8) is 0 Å². The maximum absolute atomic E-state index is 13.2. The van der Waals surface area contributed by atoms with E-state index in [2.05, 4.69) is 31.4 Å². The van der Waals surface area contributed by atoms with Crippen LogP contribution in [0.5, 0.6) is 11.5 Å². The fourth-order valence-corrected chi connectivity index (χ4v) is 4.74. The van der Waals surface area contributed by atoms with Crippen LogP contribution in [-0.4, -0.2) is 34.8 Å². The number of hydrogen-bond acceptors (Lipinski definition) is 4. The highest BCUT2D eigenvalue weighted by atomic mass is 16.5. The first-order valence-corrected chi connectivity index (χ1v) is 11.4. The Balaban J connectivity index is 1.41. The van der Waals surface area contributed by atoms with E-state index in [4.69, 9.17) is 4.74 Å². The minimum absolute atomic E-state index is 0.169.